The van der Waals surface area contributed by atoms with Crippen molar-refractivity contribution in [2.24, 2.45) is 0 Å². The van der Waals surface area contributed by atoms with Gasteiger partial charge in [0.25, 0.3) is 5.69 Å². The van der Waals surface area contributed by atoms with Crippen LogP contribution in [0.2, 0.25) is 10.0 Å². The van der Waals surface area contributed by atoms with Crippen LogP contribution in [0.25, 0.3) is 0 Å². The monoisotopic (exact) mass is 389 g/mol. The van der Waals surface area contributed by atoms with Crippen molar-refractivity contribution in [2.75, 3.05) is 28.4 Å². The molecule has 0 heterocycles. The first-order chi connectivity index (χ1) is 11.9. The summed E-state index contributed by atoms with van der Waals surface area (Å²) in [6.07, 6.45) is 0. The molecule has 136 valence electrons. The molecule has 0 spiro atoms. The summed E-state index contributed by atoms with van der Waals surface area (Å²) in [5.74, 6) is 1.99. The number of benzene rings is 2. The van der Waals surface area contributed by atoms with Crippen molar-refractivity contribution in [1.82, 2.24) is 0 Å². The zero-order chi connectivity index (χ0) is 19.0. The number of methoxy groups -OCH3 is 4. The van der Waals surface area contributed by atoms with Crippen molar-refractivity contribution in [3.05, 3.63) is 50.5 Å². The van der Waals surface area contributed by atoms with E-state index in [4.69, 9.17) is 42.1 Å². The Labute approximate surface area is 155 Å². The molecule has 0 N–H and O–H groups in total. The summed E-state index contributed by atoms with van der Waals surface area (Å²) in [6, 6.07) is 7.80. The van der Waals surface area contributed by atoms with Crippen LogP contribution in [-0.4, -0.2) is 33.4 Å². The fourth-order valence-corrected chi connectivity index (χ4v) is 2.18. The molecule has 25 heavy (non-hydrogen) atoms. The number of nitro groups is 1. The van der Waals surface area contributed by atoms with Gasteiger partial charge >= 0.3 is 0 Å². The average molecular weight is 390 g/mol. The van der Waals surface area contributed by atoms with Gasteiger partial charge in [0.1, 0.15) is 5.02 Å². The van der Waals surface area contributed by atoms with E-state index in [-0.39, 0.29) is 16.5 Å². The molecule has 0 bridgehead atoms. The molecule has 9 heteroatoms. The van der Waals surface area contributed by atoms with E-state index in [9.17, 15) is 10.1 Å². The lowest BCUT2D eigenvalue weighted by molar-refractivity contribution is -0.384. The highest BCUT2D eigenvalue weighted by Gasteiger charge is 2.17. The van der Waals surface area contributed by atoms with Crippen LogP contribution in [0.3, 0.4) is 0 Å². The predicted molar refractivity (Wildman–Crippen MR) is 95.8 cm³/mol. The number of nitro benzene ring substituents is 1. The largest absolute Gasteiger partial charge is 0.493 e. The Kier molecular flexibility index (Phi) is 8.10. The van der Waals surface area contributed by atoms with Crippen LogP contribution in [0, 0.1) is 10.1 Å². The van der Waals surface area contributed by atoms with E-state index in [1.54, 1.807) is 32.4 Å². The van der Waals surface area contributed by atoms with Crippen LogP contribution in [0.4, 0.5) is 5.69 Å². The molecule has 7 nitrogen and oxygen atoms in total. The Morgan fingerprint density at radius 3 is 1.76 bits per heavy atom. The summed E-state index contributed by atoms with van der Waals surface area (Å²) >= 11 is 11.4. The third kappa shape index (κ3) is 5.58. The van der Waals surface area contributed by atoms with Crippen molar-refractivity contribution >= 4 is 28.9 Å². The molecular formula is C16H17Cl2NO6. The molecule has 2 rings (SSSR count). The number of ether oxygens (including phenoxy) is 4. The van der Waals surface area contributed by atoms with Crippen molar-refractivity contribution in [2.45, 2.75) is 0 Å². The Morgan fingerprint density at radius 1 is 0.800 bits per heavy atom. The Hall–Kier alpha value is -2.38. The maximum absolute atomic E-state index is 10.5. The minimum atomic E-state index is -0.579. The summed E-state index contributed by atoms with van der Waals surface area (Å²) in [5, 5.41) is 11.2. The van der Waals surface area contributed by atoms with E-state index in [2.05, 4.69) is 0 Å². The van der Waals surface area contributed by atoms with Crippen LogP contribution in [0.15, 0.2) is 30.3 Å². The minimum Gasteiger partial charge on any atom is -0.493 e. The van der Waals surface area contributed by atoms with Crippen LogP contribution < -0.4 is 18.9 Å². The summed E-state index contributed by atoms with van der Waals surface area (Å²) in [5.41, 5.74) is -0.204. The number of hydrogen-bond acceptors (Lipinski definition) is 6. The van der Waals surface area contributed by atoms with Gasteiger partial charge in [-0.15, -0.1) is 0 Å². The SMILES string of the molecule is COc1cc(Cl)c([N+](=O)[O-])cc1OC.COc1ccc(Cl)cc1OC. The molecule has 0 unspecified atom stereocenters. The second-order valence-corrected chi connectivity index (χ2v) is 5.26. The molecule has 2 aromatic rings. The smallest absolute Gasteiger partial charge is 0.291 e. The highest BCUT2D eigenvalue weighted by atomic mass is 35.5. The van der Waals surface area contributed by atoms with Gasteiger partial charge in [-0.3, -0.25) is 10.1 Å². The lowest BCUT2D eigenvalue weighted by Crippen LogP contribution is -1.94. The van der Waals surface area contributed by atoms with Crippen molar-refractivity contribution in [3.63, 3.8) is 0 Å². The van der Waals surface area contributed by atoms with Gasteiger partial charge in [0.15, 0.2) is 23.0 Å². The summed E-state index contributed by atoms with van der Waals surface area (Å²) in [6.45, 7) is 0. The normalized spacial score (nSPS) is 9.52. The molecule has 0 atom stereocenters. The number of halogens is 2. The van der Waals surface area contributed by atoms with Crippen LogP contribution in [-0.2, 0) is 0 Å². The van der Waals surface area contributed by atoms with Gasteiger partial charge in [0.2, 0.25) is 0 Å². The Bertz CT molecular complexity index is 739. The highest BCUT2D eigenvalue weighted by Crippen LogP contribution is 2.36. The first-order valence-corrected chi connectivity index (χ1v) is 7.56. The summed E-state index contributed by atoms with van der Waals surface area (Å²) in [7, 11) is 6.00. The van der Waals surface area contributed by atoms with E-state index >= 15 is 0 Å². The zero-order valence-electron chi connectivity index (χ0n) is 14.0. The van der Waals surface area contributed by atoms with E-state index < -0.39 is 4.92 Å². The molecule has 0 aliphatic heterocycles. The van der Waals surface area contributed by atoms with E-state index in [0.29, 0.717) is 22.3 Å². The summed E-state index contributed by atoms with van der Waals surface area (Å²) < 4.78 is 19.8. The van der Waals surface area contributed by atoms with Gasteiger partial charge in [0.05, 0.1) is 39.4 Å². The topological polar surface area (TPSA) is 80.1 Å². The highest BCUT2D eigenvalue weighted by molar-refractivity contribution is 6.32. The van der Waals surface area contributed by atoms with Gasteiger partial charge in [-0.1, -0.05) is 23.2 Å². The van der Waals surface area contributed by atoms with E-state index in [0.717, 1.165) is 0 Å². The van der Waals surface area contributed by atoms with Gasteiger partial charge in [-0.25, -0.2) is 0 Å². The third-order valence-electron chi connectivity index (χ3n) is 3.00. The van der Waals surface area contributed by atoms with Gasteiger partial charge in [0, 0.05) is 17.2 Å². The fraction of sp³-hybridized carbons (Fsp3) is 0.250. The number of rotatable bonds is 5. The molecule has 0 aliphatic carbocycles. The van der Waals surface area contributed by atoms with Gasteiger partial charge < -0.3 is 18.9 Å². The average Bonchev–Trinajstić information content (AvgIpc) is 2.61. The molecule has 0 amide bonds. The molecule has 2 aromatic carbocycles. The van der Waals surface area contributed by atoms with Gasteiger partial charge in [-0.05, 0) is 12.1 Å². The van der Waals surface area contributed by atoms with Gasteiger partial charge in [-0.2, -0.15) is 0 Å². The molecule has 0 radical (unpaired) electrons. The second kappa shape index (κ2) is 9.80. The maximum atomic E-state index is 10.5. The Morgan fingerprint density at radius 2 is 1.28 bits per heavy atom. The number of hydrogen-bond donors (Lipinski definition) is 0. The van der Waals surface area contributed by atoms with E-state index in [1.165, 1.54) is 26.4 Å². The molecule has 0 saturated heterocycles. The zero-order valence-corrected chi connectivity index (χ0v) is 15.6. The predicted octanol–water partition coefficient (Wildman–Crippen LogP) is 4.62. The lowest BCUT2D eigenvalue weighted by atomic mass is 10.3. The first kappa shape index (κ1) is 20.7. The Balaban J connectivity index is 0.000000257. The first-order valence-electron chi connectivity index (χ1n) is 6.81. The molecular weight excluding hydrogens is 373 g/mol. The van der Waals surface area contributed by atoms with Crippen molar-refractivity contribution in [1.29, 1.82) is 0 Å². The summed E-state index contributed by atoms with van der Waals surface area (Å²) in [4.78, 5) is 9.94. The van der Waals surface area contributed by atoms with Crippen LogP contribution >= 0.6 is 23.2 Å². The quantitative estimate of drug-likeness (QED) is 0.547. The molecule has 0 aromatic heterocycles. The molecule has 0 aliphatic rings. The van der Waals surface area contributed by atoms with Crippen molar-refractivity contribution in [3.8, 4) is 23.0 Å². The fourth-order valence-electron chi connectivity index (χ4n) is 1.79. The standard InChI is InChI=1S/C8H8ClNO4.C8H9ClO2/c1-13-7-3-5(9)6(10(11)12)4-8(7)14-2;1-10-7-4-3-6(9)5-8(7)11-2/h3-4H,1-2H3;3-5H,1-2H3. The minimum absolute atomic E-state index is 0.0210. The van der Waals surface area contributed by atoms with Crippen LogP contribution in [0.5, 0.6) is 23.0 Å². The van der Waals surface area contributed by atoms with Crippen LogP contribution in [0.1, 0.15) is 0 Å². The van der Waals surface area contributed by atoms with Crippen molar-refractivity contribution < 1.29 is 23.9 Å². The van der Waals surface area contributed by atoms with E-state index in [1.807, 2.05) is 0 Å². The second-order valence-electron chi connectivity index (χ2n) is 4.42. The molecule has 0 fully saturated rings. The lowest BCUT2D eigenvalue weighted by Gasteiger charge is -2.07. The molecule has 0 saturated carbocycles. The maximum Gasteiger partial charge on any atom is 0.291 e. The third-order valence-corrected chi connectivity index (χ3v) is 3.53. The number of nitrogens with zero attached hydrogens (tertiary/aromatic N) is 1.